The number of nitroso groups, excluding NO2 is 1. The highest BCUT2D eigenvalue weighted by Gasteiger charge is 2.70. The third-order valence-electron chi connectivity index (χ3n) is 6.49. The molecule has 5 atom stereocenters. The van der Waals surface area contributed by atoms with Gasteiger partial charge in [0.1, 0.15) is 0 Å². The molecule has 3 fully saturated rings. The smallest absolute Gasteiger partial charge is 0.173 e. The van der Waals surface area contributed by atoms with Crippen LogP contribution in [-0.2, 0) is 16.1 Å². The van der Waals surface area contributed by atoms with Gasteiger partial charge in [-0.05, 0) is 40.7 Å². The molecular weight excluding hydrogens is 296 g/mol. The molecule has 0 aromatic carbocycles. The molecule has 4 rings (SSSR count). The van der Waals surface area contributed by atoms with Gasteiger partial charge in [-0.2, -0.15) is 0 Å². The minimum atomic E-state index is 0.237. The van der Waals surface area contributed by atoms with Crippen LogP contribution in [0.5, 0.6) is 5.75 Å². The van der Waals surface area contributed by atoms with E-state index in [0.29, 0.717) is 41.9 Å². The summed E-state index contributed by atoms with van der Waals surface area (Å²) in [5.74, 6) is 3.31. The summed E-state index contributed by atoms with van der Waals surface area (Å²) < 4.78 is 16.7. The first-order valence-electron chi connectivity index (χ1n) is 8.20. The van der Waals surface area contributed by atoms with E-state index in [4.69, 9.17) is 14.2 Å². The zero-order chi connectivity index (χ0) is 16.0. The van der Waals surface area contributed by atoms with Crippen molar-refractivity contribution in [1.82, 2.24) is 4.98 Å². The van der Waals surface area contributed by atoms with E-state index in [9.17, 15) is 4.91 Å². The molecular formula is C17H22N2O4. The first-order valence-corrected chi connectivity index (χ1v) is 8.20. The van der Waals surface area contributed by atoms with Gasteiger partial charge < -0.3 is 14.2 Å². The number of pyridine rings is 1. The Morgan fingerprint density at radius 1 is 1.43 bits per heavy atom. The van der Waals surface area contributed by atoms with Gasteiger partial charge in [-0.25, -0.2) is 0 Å². The van der Waals surface area contributed by atoms with Crippen LogP contribution < -0.4 is 4.74 Å². The number of fused-ring (bicyclic) bond motifs is 4. The molecule has 0 N–H and O–H groups in total. The van der Waals surface area contributed by atoms with Gasteiger partial charge in [-0.1, -0.05) is 6.92 Å². The summed E-state index contributed by atoms with van der Waals surface area (Å²) in [4.78, 5) is 15.2. The molecule has 0 spiro atoms. The van der Waals surface area contributed by atoms with Gasteiger partial charge >= 0.3 is 0 Å². The number of nitrogens with zero attached hydrogens (tertiary/aromatic N) is 2. The summed E-state index contributed by atoms with van der Waals surface area (Å²) in [5, 5.41) is 3.03. The van der Waals surface area contributed by atoms with Gasteiger partial charge in [-0.3, -0.25) is 4.98 Å². The lowest BCUT2D eigenvalue weighted by atomic mass is 9.35. The largest absolute Gasteiger partial charge is 0.494 e. The zero-order valence-electron chi connectivity index (χ0n) is 13.5. The van der Waals surface area contributed by atoms with Crippen LogP contribution in [0.3, 0.4) is 0 Å². The Hall–Kier alpha value is -1.53. The Labute approximate surface area is 135 Å². The van der Waals surface area contributed by atoms with E-state index in [1.807, 2.05) is 0 Å². The molecule has 1 aliphatic heterocycles. The minimum Gasteiger partial charge on any atom is -0.494 e. The van der Waals surface area contributed by atoms with Gasteiger partial charge in [0, 0.05) is 12.3 Å². The highest BCUT2D eigenvalue weighted by atomic mass is 16.5. The number of aromatic nitrogens is 1. The maximum absolute atomic E-state index is 11.0. The molecule has 23 heavy (non-hydrogen) atoms. The molecule has 2 aliphatic carbocycles. The van der Waals surface area contributed by atoms with E-state index < -0.39 is 0 Å². The van der Waals surface area contributed by atoms with Crippen LogP contribution in [0, 0.1) is 34.0 Å². The molecule has 1 aromatic heterocycles. The summed E-state index contributed by atoms with van der Waals surface area (Å²) in [6.07, 6.45) is 2.84. The predicted molar refractivity (Wildman–Crippen MR) is 83.4 cm³/mol. The second-order valence-corrected chi connectivity index (χ2v) is 7.13. The average Bonchev–Trinajstić information content (AvgIpc) is 3.02. The summed E-state index contributed by atoms with van der Waals surface area (Å²) in [6.45, 7) is 5.23. The maximum Gasteiger partial charge on any atom is 0.173 e. The molecule has 3 aliphatic rings. The molecule has 124 valence electrons. The number of methoxy groups -OCH3 is 1. The average molecular weight is 318 g/mol. The first-order chi connectivity index (χ1) is 11.2. The Bertz CT molecular complexity index is 623. The van der Waals surface area contributed by atoms with Gasteiger partial charge in [0.05, 0.1) is 39.2 Å². The number of hydrogen-bond acceptors (Lipinski definition) is 6. The van der Waals surface area contributed by atoms with Gasteiger partial charge in [0.15, 0.2) is 11.4 Å². The highest BCUT2D eigenvalue weighted by molar-refractivity contribution is 5.54. The summed E-state index contributed by atoms with van der Waals surface area (Å²) >= 11 is 0. The standard InChI is InChI=1S/C17H22N2O4/c1-17-10(5-12(17)11-7-23-8-13(11)17)6-22-9-14-16(19-20)15(21-2)3-4-18-14/h3-4,10-13H,5-9H2,1-2H3. The molecule has 5 unspecified atom stereocenters. The molecule has 0 bridgehead atoms. The monoisotopic (exact) mass is 318 g/mol. The summed E-state index contributed by atoms with van der Waals surface area (Å²) in [6, 6.07) is 1.63. The lowest BCUT2D eigenvalue weighted by molar-refractivity contribution is -0.231. The van der Waals surface area contributed by atoms with Crippen molar-refractivity contribution in [2.45, 2.75) is 20.0 Å². The molecule has 2 saturated carbocycles. The van der Waals surface area contributed by atoms with Gasteiger partial charge in [-0.15, -0.1) is 4.91 Å². The molecule has 6 nitrogen and oxygen atoms in total. The third kappa shape index (κ3) is 2.04. The van der Waals surface area contributed by atoms with Crippen molar-refractivity contribution in [2.24, 2.45) is 34.3 Å². The van der Waals surface area contributed by atoms with Crippen molar-refractivity contribution in [1.29, 1.82) is 0 Å². The van der Waals surface area contributed by atoms with Crippen LogP contribution in [0.4, 0.5) is 5.69 Å². The Morgan fingerprint density at radius 2 is 2.30 bits per heavy atom. The van der Waals surface area contributed by atoms with E-state index in [1.54, 1.807) is 12.3 Å². The SMILES string of the molecule is COc1ccnc(COCC2CC3C4COCC4C23C)c1N=O. The molecule has 1 saturated heterocycles. The second-order valence-electron chi connectivity index (χ2n) is 7.13. The lowest BCUT2D eigenvalue weighted by Gasteiger charge is -2.69. The predicted octanol–water partition coefficient (Wildman–Crippen LogP) is 2.92. The van der Waals surface area contributed by atoms with Crippen molar-refractivity contribution in [3.8, 4) is 5.75 Å². The van der Waals surface area contributed by atoms with E-state index in [0.717, 1.165) is 25.0 Å². The van der Waals surface area contributed by atoms with Crippen molar-refractivity contribution in [3.05, 3.63) is 22.9 Å². The molecule has 2 heterocycles. The Balaban J connectivity index is 1.36. The molecule has 0 amide bonds. The molecule has 0 radical (unpaired) electrons. The topological polar surface area (TPSA) is 70.0 Å². The van der Waals surface area contributed by atoms with Crippen molar-refractivity contribution < 1.29 is 14.2 Å². The van der Waals surface area contributed by atoms with E-state index in [-0.39, 0.29) is 5.69 Å². The number of hydrogen-bond donors (Lipinski definition) is 0. The zero-order valence-corrected chi connectivity index (χ0v) is 13.5. The summed E-state index contributed by atoms with van der Waals surface area (Å²) in [7, 11) is 1.51. The van der Waals surface area contributed by atoms with Crippen LogP contribution >= 0.6 is 0 Å². The van der Waals surface area contributed by atoms with Gasteiger partial charge in [0.25, 0.3) is 0 Å². The van der Waals surface area contributed by atoms with Crippen LogP contribution in [0.1, 0.15) is 19.0 Å². The van der Waals surface area contributed by atoms with Crippen molar-refractivity contribution >= 4 is 5.69 Å². The summed E-state index contributed by atoms with van der Waals surface area (Å²) in [5.41, 5.74) is 1.16. The Morgan fingerprint density at radius 3 is 3.09 bits per heavy atom. The van der Waals surface area contributed by atoms with E-state index >= 15 is 0 Å². The van der Waals surface area contributed by atoms with Crippen LogP contribution in [-0.4, -0.2) is 31.9 Å². The third-order valence-corrected chi connectivity index (χ3v) is 6.49. The van der Waals surface area contributed by atoms with E-state index in [2.05, 4.69) is 17.1 Å². The van der Waals surface area contributed by atoms with Crippen LogP contribution in [0.15, 0.2) is 17.4 Å². The minimum absolute atomic E-state index is 0.237. The van der Waals surface area contributed by atoms with Gasteiger partial charge in [0.2, 0.25) is 0 Å². The van der Waals surface area contributed by atoms with Crippen LogP contribution in [0.25, 0.3) is 0 Å². The quantitative estimate of drug-likeness (QED) is 0.754. The fourth-order valence-corrected chi connectivity index (χ4v) is 5.05. The first kappa shape index (κ1) is 15.0. The maximum atomic E-state index is 11.0. The van der Waals surface area contributed by atoms with Crippen molar-refractivity contribution in [2.75, 3.05) is 26.9 Å². The van der Waals surface area contributed by atoms with E-state index in [1.165, 1.54) is 13.5 Å². The number of rotatable bonds is 6. The fraction of sp³-hybridized carbons (Fsp3) is 0.706. The normalized spacial score (nSPS) is 37.3. The molecule has 1 aromatic rings. The lowest BCUT2D eigenvalue weighted by Crippen LogP contribution is -2.67. The molecule has 6 heteroatoms. The Kier molecular flexibility index (Phi) is 3.61. The second kappa shape index (κ2) is 5.53. The fourth-order valence-electron chi connectivity index (χ4n) is 5.05. The number of ether oxygens (including phenoxy) is 3. The highest BCUT2D eigenvalue weighted by Crippen LogP contribution is 2.72. The van der Waals surface area contributed by atoms with Crippen molar-refractivity contribution in [3.63, 3.8) is 0 Å². The van der Waals surface area contributed by atoms with Crippen LogP contribution in [0.2, 0.25) is 0 Å².